The van der Waals surface area contributed by atoms with Gasteiger partial charge in [0.2, 0.25) is 0 Å². The van der Waals surface area contributed by atoms with Gasteiger partial charge in [-0.25, -0.2) is 9.97 Å². The van der Waals surface area contributed by atoms with Crippen molar-refractivity contribution in [1.82, 2.24) is 9.97 Å². The van der Waals surface area contributed by atoms with Gasteiger partial charge in [-0.1, -0.05) is 6.58 Å². The van der Waals surface area contributed by atoms with Crippen LogP contribution in [-0.4, -0.2) is 16.5 Å². The SMILES string of the molecule is C=C(CCN)c1nc(C2CC2)ncc1Br. The number of halogens is 1. The Morgan fingerprint density at radius 1 is 1.60 bits per heavy atom. The lowest BCUT2D eigenvalue weighted by Gasteiger charge is -2.07. The molecule has 0 atom stereocenters. The van der Waals surface area contributed by atoms with Gasteiger partial charge in [0.15, 0.2) is 0 Å². The van der Waals surface area contributed by atoms with E-state index in [0.717, 1.165) is 28.0 Å². The minimum absolute atomic E-state index is 0.572. The minimum atomic E-state index is 0.572. The van der Waals surface area contributed by atoms with E-state index in [1.807, 2.05) is 6.20 Å². The first kappa shape index (κ1) is 10.8. The van der Waals surface area contributed by atoms with Crippen LogP contribution in [0.5, 0.6) is 0 Å². The maximum absolute atomic E-state index is 5.51. The first-order valence-corrected chi connectivity index (χ1v) is 5.92. The summed E-state index contributed by atoms with van der Waals surface area (Å²) < 4.78 is 0.908. The normalized spacial score (nSPS) is 15.3. The molecule has 1 aliphatic carbocycles. The maximum atomic E-state index is 5.51. The number of hydrogen-bond donors (Lipinski definition) is 1. The average Bonchev–Trinajstić information content (AvgIpc) is 3.02. The largest absolute Gasteiger partial charge is 0.330 e. The van der Waals surface area contributed by atoms with Crippen molar-refractivity contribution < 1.29 is 0 Å². The van der Waals surface area contributed by atoms with Crippen LogP contribution in [0, 0.1) is 0 Å². The highest BCUT2D eigenvalue weighted by molar-refractivity contribution is 9.10. The number of nitrogens with zero attached hydrogens (tertiary/aromatic N) is 2. The molecule has 0 spiro atoms. The van der Waals surface area contributed by atoms with Crippen LogP contribution >= 0.6 is 15.9 Å². The predicted molar refractivity (Wildman–Crippen MR) is 64.4 cm³/mol. The van der Waals surface area contributed by atoms with Crippen molar-refractivity contribution in [2.75, 3.05) is 6.54 Å². The molecule has 0 unspecified atom stereocenters. The van der Waals surface area contributed by atoms with Crippen molar-refractivity contribution in [2.24, 2.45) is 5.73 Å². The molecule has 80 valence electrons. The molecule has 1 fully saturated rings. The fourth-order valence-corrected chi connectivity index (χ4v) is 1.93. The van der Waals surface area contributed by atoms with Crippen LogP contribution in [0.15, 0.2) is 17.2 Å². The molecule has 0 amide bonds. The summed E-state index contributed by atoms with van der Waals surface area (Å²) in [4.78, 5) is 8.85. The quantitative estimate of drug-likeness (QED) is 0.912. The smallest absolute Gasteiger partial charge is 0.132 e. The average molecular weight is 268 g/mol. The number of rotatable bonds is 4. The standard InChI is InChI=1S/C11H14BrN3/c1-7(4-5-13)10-9(12)6-14-11(15-10)8-2-3-8/h6,8H,1-5,13H2. The van der Waals surface area contributed by atoms with E-state index in [4.69, 9.17) is 5.73 Å². The minimum Gasteiger partial charge on any atom is -0.330 e. The molecule has 0 bridgehead atoms. The van der Waals surface area contributed by atoms with Gasteiger partial charge in [0.05, 0.1) is 10.2 Å². The first-order valence-electron chi connectivity index (χ1n) is 5.13. The Kier molecular flexibility index (Phi) is 3.17. The summed E-state index contributed by atoms with van der Waals surface area (Å²) in [5.74, 6) is 1.52. The molecule has 0 aromatic carbocycles. The highest BCUT2D eigenvalue weighted by Crippen LogP contribution is 2.38. The molecule has 15 heavy (non-hydrogen) atoms. The zero-order valence-electron chi connectivity index (χ0n) is 8.54. The van der Waals surface area contributed by atoms with Crippen molar-refractivity contribution >= 4 is 21.5 Å². The second-order valence-electron chi connectivity index (χ2n) is 3.84. The maximum Gasteiger partial charge on any atom is 0.132 e. The van der Waals surface area contributed by atoms with E-state index in [-0.39, 0.29) is 0 Å². The summed E-state index contributed by atoms with van der Waals surface area (Å²) in [6, 6.07) is 0. The van der Waals surface area contributed by atoms with E-state index in [1.165, 1.54) is 12.8 Å². The van der Waals surface area contributed by atoms with Crippen molar-refractivity contribution in [3.63, 3.8) is 0 Å². The molecule has 1 aromatic heterocycles. The molecule has 0 aliphatic heterocycles. The van der Waals surface area contributed by atoms with Gasteiger partial charge in [-0.3, -0.25) is 0 Å². The Balaban J connectivity index is 2.27. The molecule has 4 heteroatoms. The van der Waals surface area contributed by atoms with Crippen molar-refractivity contribution in [2.45, 2.75) is 25.2 Å². The second-order valence-corrected chi connectivity index (χ2v) is 4.70. The molecule has 2 N–H and O–H groups in total. The van der Waals surface area contributed by atoms with Gasteiger partial charge in [-0.05, 0) is 47.3 Å². The summed E-state index contributed by atoms with van der Waals surface area (Å²) in [5, 5.41) is 0. The zero-order valence-corrected chi connectivity index (χ0v) is 10.1. The van der Waals surface area contributed by atoms with Crippen molar-refractivity contribution in [3.8, 4) is 0 Å². The van der Waals surface area contributed by atoms with Crippen molar-refractivity contribution in [1.29, 1.82) is 0 Å². The second kappa shape index (κ2) is 4.41. The van der Waals surface area contributed by atoms with Gasteiger partial charge in [-0.15, -0.1) is 0 Å². The molecule has 0 saturated heterocycles. The van der Waals surface area contributed by atoms with Gasteiger partial charge < -0.3 is 5.73 Å². The molecule has 0 radical (unpaired) electrons. The third kappa shape index (κ3) is 2.44. The third-order valence-corrected chi connectivity index (χ3v) is 3.07. The Morgan fingerprint density at radius 2 is 2.33 bits per heavy atom. The molecule has 1 saturated carbocycles. The third-order valence-electron chi connectivity index (χ3n) is 2.49. The monoisotopic (exact) mass is 267 g/mol. The van der Waals surface area contributed by atoms with Crippen LogP contribution in [0.25, 0.3) is 5.57 Å². The highest BCUT2D eigenvalue weighted by Gasteiger charge is 2.27. The van der Waals surface area contributed by atoms with Gasteiger partial charge in [-0.2, -0.15) is 0 Å². The zero-order chi connectivity index (χ0) is 10.8. The first-order chi connectivity index (χ1) is 7.22. The summed E-state index contributed by atoms with van der Waals surface area (Å²) in [6.45, 7) is 4.60. The van der Waals surface area contributed by atoms with E-state index in [1.54, 1.807) is 0 Å². The van der Waals surface area contributed by atoms with E-state index < -0.39 is 0 Å². The Bertz CT molecular complexity index is 385. The van der Waals surface area contributed by atoms with Gasteiger partial charge in [0.1, 0.15) is 5.82 Å². The molecule has 1 aromatic rings. The van der Waals surface area contributed by atoms with Crippen LogP contribution in [0.4, 0.5) is 0 Å². The molecule has 3 nitrogen and oxygen atoms in total. The van der Waals surface area contributed by atoms with E-state index in [2.05, 4.69) is 32.5 Å². The van der Waals surface area contributed by atoms with E-state index in [9.17, 15) is 0 Å². The molecule has 1 aliphatic rings. The van der Waals surface area contributed by atoms with Crippen LogP contribution in [-0.2, 0) is 0 Å². The fraction of sp³-hybridized carbons (Fsp3) is 0.455. The van der Waals surface area contributed by atoms with Gasteiger partial charge in [0, 0.05) is 12.1 Å². The van der Waals surface area contributed by atoms with Gasteiger partial charge in [0.25, 0.3) is 0 Å². The number of hydrogen-bond acceptors (Lipinski definition) is 3. The number of aromatic nitrogens is 2. The Hall–Kier alpha value is -0.740. The lowest BCUT2D eigenvalue weighted by Crippen LogP contribution is -2.03. The van der Waals surface area contributed by atoms with Crippen LogP contribution in [0.2, 0.25) is 0 Å². The summed E-state index contributed by atoms with van der Waals surface area (Å²) >= 11 is 3.44. The predicted octanol–water partition coefficient (Wildman–Crippen LogP) is 2.48. The van der Waals surface area contributed by atoms with Crippen LogP contribution in [0.1, 0.15) is 36.7 Å². The summed E-state index contributed by atoms with van der Waals surface area (Å²) in [6.07, 6.45) is 5.02. The molecule has 2 rings (SSSR count). The van der Waals surface area contributed by atoms with Crippen molar-refractivity contribution in [3.05, 3.63) is 28.8 Å². The van der Waals surface area contributed by atoms with Crippen LogP contribution in [0.3, 0.4) is 0 Å². The highest BCUT2D eigenvalue weighted by atomic mass is 79.9. The summed E-state index contributed by atoms with van der Waals surface area (Å²) in [7, 11) is 0. The topological polar surface area (TPSA) is 51.8 Å². The Labute approximate surface area is 97.9 Å². The van der Waals surface area contributed by atoms with E-state index in [0.29, 0.717) is 12.5 Å². The Morgan fingerprint density at radius 3 is 2.93 bits per heavy atom. The van der Waals surface area contributed by atoms with Gasteiger partial charge >= 0.3 is 0 Å². The number of nitrogens with two attached hydrogens (primary N) is 1. The fourth-order valence-electron chi connectivity index (χ4n) is 1.46. The molecule has 1 heterocycles. The van der Waals surface area contributed by atoms with E-state index >= 15 is 0 Å². The lowest BCUT2D eigenvalue weighted by atomic mass is 10.1. The summed E-state index contributed by atoms with van der Waals surface area (Å²) in [5.41, 5.74) is 7.40. The molecular formula is C11H14BrN3. The molecular weight excluding hydrogens is 254 g/mol. The lowest BCUT2D eigenvalue weighted by molar-refractivity contribution is 0.904. The van der Waals surface area contributed by atoms with Crippen LogP contribution < -0.4 is 5.73 Å².